The summed E-state index contributed by atoms with van der Waals surface area (Å²) in [5.41, 5.74) is 0.783. The molecule has 0 radical (unpaired) electrons. The fraction of sp³-hybridized carbons (Fsp3) is 1.00. The van der Waals surface area contributed by atoms with E-state index < -0.39 is 8.32 Å². The number of hydrogen-bond acceptors (Lipinski definition) is 1. The maximum atomic E-state index is 6.50. The van der Waals surface area contributed by atoms with Crippen LogP contribution in [-0.2, 0) is 4.43 Å². The Balaban J connectivity index is 2.86. The zero-order chi connectivity index (χ0) is 14.4. The third-order valence-corrected chi connectivity index (χ3v) is 5.36. The Bertz CT molecular complexity index is 277. The molecule has 18 heavy (non-hydrogen) atoms. The lowest BCUT2D eigenvalue weighted by molar-refractivity contribution is 0.0822. The van der Waals surface area contributed by atoms with Crippen molar-refractivity contribution in [1.82, 2.24) is 0 Å². The lowest BCUT2D eigenvalue weighted by Gasteiger charge is -2.35. The molecule has 0 saturated heterocycles. The van der Waals surface area contributed by atoms with E-state index in [-0.39, 0.29) is 0 Å². The Morgan fingerprint density at radius 3 is 1.67 bits per heavy atom. The summed E-state index contributed by atoms with van der Waals surface area (Å²) in [7, 11) is -1.43. The molecule has 0 aliphatic heterocycles. The topological polar surface area (TPSA) is 9.23 Å². The minimum atomic E-state index is -1.43. The highest BCUT2D eigenvalue weighted by atomic mass is 28.4. The molecule has 0 aromatic carbocycles. The standard InChI is InChI=1S/C16H34OSi/c1-15(2,3)12-10-13(16(4,5)6)14(11-12)17-18(7,8)9/h12-14H,10-11H2,1-9H3. The molecular weight excluding hydrogens is 236 g/mol. The average molecular weight is 271 g/mol. The number of rotatable bonds is 2. The van der Waals surface area contributed by atoms with Crippen LogP contribution < -0.4 is 0 Å². The van der Waals surface area contributed by atoms with E-state index in [9.17, 15) is 0 Å². The summed E-state index contributed by atoms with van der Waals surface area (Å²) in [4.78, 5) is 0. The Morgan fingerprint density at radius 2 is 1.33 bits per heavy atom. The second-order valence-electron chi connectivity index (χ2n) is 9.28. The molecule has 0 heterocycles. The molecule has 1 fully saturated rings. The van der Waals surface area contributed by atoms with Crippen molar-refractivity contribution in [2.75, 3.05) is 0 Å². The van der Waals surface area contributed by atoms with E-state index in [1.165, 1.54) is 12.8 Å². The van der Waals surface area contributed by atoms with Crippen LogP contribution in [0.15, 0.2) is 0 Å². The van der Waals surface area contributed by atoms with Gasteiger partial charge in [-0.25, -0.2) is 0 Å². The van der Waals surface area contributed by atoms with Crippen molar-refractivity contribution >= 4 is 8.32 Å². The SMILES string of the molecule is CC(C)(C)C1CC(O[Si](C)(C)C)C(C(C)(C)C)C1. The van der Waals surface area contributed by atoms with Crippen LogP contribution in [0.4, 0.5) is 0 Å². The van der Waals surface area contributed by atoms with Crippen molar-refractivity contribution in [1.29, 1.82) is 0 Å². The van der Waals surface area contributed by atoms with Gasteiger partial charge in [-0.1, -0.05) is 41.5 Å². The molecule has 0 aromatic rings. The summed E-state index contributed by atoms with van der Waals surface area (Å²) in [5.74, 6) is 1.52. The molecule has 0 aromatic heterocycles. The van der Waals surface area contributed by atoms with Gasteiger partial charge in [-0.15, -0.1) is 0 Å². The predicted octanol–water partition coefficient (Wildman–Crippen LogP) is 5.32. The first kappa shape index (κ1) is 16.2. The van der Waals surface area contributed by atoms with Gasteiger partial charge in [-0.05, 0) is 55.1 Å². The monoisotopic (exact) mass is 270 g/mol. The van der Waals surface area contributed by atoms with Crippen molar-refractivity contribution in [2.45, 2.75) is 80.1 Å². The zero-order valence-electron chi connectivity index (χ0n) is 14.1. The highest BCUT2D eigenvalue weighted by Gasteiger charge is 2.45. The average Bonchev–Trinajstić information content (AvgIpc) is 2.42. The fourth-order valence-electron chi connectivity index (χ4n) is 3.20. The Labute approximate surface area is 116 Å². The van der Waals surface area contributed by atoms with Gasteiger partial charge in [0, 0.05) is 6.10 Å². The molecule has 2 heteroatoms. The molecule has 3 unspecified atom stereocenters. The molecule has 108 valence electrons. The largest absolute Gasteiger partial charge is 0.414 e. The highest BCUT2D eigenvalue weighted by molar-refractivity contribution is 6.69. The van der Waals surface area contributed by atoms with E-state index in [4.69, 9.17) is 4.43 Å². The molecule has 0 bridgehead atoms. The van der Waals surface area contributed by atoms with Crippen LogP contribution in [-0.4, -0.2) is 14.4 Å². The lowest BCUT2D eigenvalue weighted by atomic mass is 9.75. The van der Waals surface area contributed by atoms with Gasteiger partial charge in [0.05, 0.1) is 0 Å². The third-order valence-electron chi connectivity index (χ3n) is 4.35. The Hall–Kier alpha value is 0.177. The minimum absolute atomic E-state index is 0.365. The van der Waals surface area contributed by atoms with Crippen molar-refractivity contribution < 1.29 is 4.43 Å². The summed E-state index contributed by atoms with van der Waals surface area (Å²) in [6, 6.07) is 0. The molecule has 1 saturated carbocycles. The molecule has 0 amide bonds. The zero-order valence-corrected chi connectivity index (χ0v) is 15.1. The molecular formula is C16H34OSi. The van der Waals surface area contributed by atoms with E-state index in [1.807, 2.05) is 0 Å². The van der Waals surface area contributed by atoms with Crippen LogP contribution in [0.25, 0.3) is 0 Å². The van der Waals surface area contributed by atoms with Crippen LogP contribution in [0, 0.1) is 22.7 Å². The van der Waals surface area contributed by atoms with E-state index >= 15 is 0 Å². The van der Waals surface area contributed by atoms with Gasteiger partial charge in [0.2, 0.25) is 0 Å². The van der Waals surface area contributed by atoms with Crippen LogP contribution in [0.3, 0.4) is 0 Å². The summed E-state index contributed by atoms with van der Waals surface area (Å²) in [6.45, 7) is 21.2. The molecule has 1 rings (SSSR count). The third kappa shape index (κ3) is 4.38. The molecule has 0 spiro atoms. The van der Waals surface area contributed by atoms with Crippen molar-refractivity contribution in [3.8, 4) is 0 Å². The van der Waals surface area contributed by atoms with E-state index in [2.05, 4.69) is 61.2 Å². The van der Waals surface area contributed by atoms with Crippen LogP contribution in [0.1, 0.15) is 54.4 Å². The molecule has 1 aliphatic rings. The quantitative estimate of drug-likeness (QED) is 0.617. The highest BCUT2D eigenvalue weighted by Crippen LogP contribution is 2.50. The van der Waals surface area contributed by atoms with Gasteiger partial charge in [0.15, 0.2) is 8.32 Å². The summed E-state index contributed by atoms with van der Waals surface area (Å²) in [6.07, 6.45) is 3.08. The predicted molar refractivity (Wildman–Crippen MR) is 83.3 cm³/mol. The van der Waals surface area contributed by atoms with Crippen LogP contribution in [0.2, 0.25) is 19.6 Å². The summed E-state index contributed by atoms with van der Waals surface area (Å²) < 4.78 is 6.50. The van der Waals surface area contributed by atoms with Gasteiger partial charge in [0.25, 0.3) is 0 Å². The Morgan fingerprint density at radius 1 is 0.833 bits per heavy atom. The number of hydrogen-bond donors (Lipinski definition) is 0. The van der Waals surface area contributed by atoms with Gasteiger partial charge in [-0.3, -0.25) is 0 Å². The van der Waals surface area contributed by atoms with Crippen molar-refractivity contribution in [3.05, 3.63) is 0 Å². The molecule has 1 nitrogen and oxygen atoms in total. The van der Waals surface area contributed by atoms with E-state index in [0.29, 0.717) is 22.9 Å². The van der Waals surface area contributed by atoms with Gasteiger partial charge in [0.1, 0.15) is 0 Å². The molecule has 0 N–H and O–H groups in total. The first-order valence-electron chi connectivity index (χ1n) is 7.48. The lowest BCUT2D eigenvalue weighted by Crippen LogP contribution is -2.38. The minimum Gasteiger partial charge on any atom is -0.414 e. The van der Waals surface area contributed by atoms with Gasteiger partial charge >= 0.3 is 0 Å². The maximum Gasteiger partial charge on any atom is 0.184 e. The maximum absolute atomic E-state index is 6.50. The van der Waals surface area contributed by atoms with Crippen LogP contribution >= 0.6 is 0 Å². The van der Waals surface area contributed by atoms with E-state index in [1.54, 1.807) is 0 Å². The van der Waals surface area contributed by atoms with Crippen LogP contribution in [0.5, 0.6) is 0 Å². The summed E-state index contributed by atoms with van der Waals surface area (Å²) >= 11 is 0. The Kier molecular flexibility index (Phi) is 4.45. The van der Waals surface area contributed by atoms with E-state index in [0.717, 1.165) is 5.92 Å². The normalized spacial score (nSPS) is 30.8. The van der Waals surface area contributed by atoms with Crippen molar-refractivity contribution in [3.63, 3.8) is 0 Å². The molecule has 1 aliphatic carbocycles. The first-order valence-corrected chi connectivity index (χ1v) is 10.9. The smallest absolute Gasteiger partial charge is 0.184 e. The van der Waals surface area contributed by atoms with Crippen molar-refractivity contribution in [2.24, 2.45) is 22.7 Å². The van der Waals surface area contributed by atoms with Gasteiger partial charge < -0.3 is 4.43 Å². The first-order chi connectivity index (χ1) is 7.81. The summed E-state index contributed by atoms with van der Waals surface area (Å²) in [5, 5.41) is 0. The van der Waals surface area contributed by atoms with Gasteiger partial charge in [-0.2, -0.15) is 0 Å². The second-order valence-corrected chi connectivity index (χ2v) is 13.7. The second kappa shape index (κ2) is 4.94. The molecule has 3 atom stereocenters. The fourth-order valence-corrected chi connectivity index (χ4v) is 4.37.